The fourth-order valence-electron chi connectivity index (χ4n) is 7.69. The van der Waals surface area contributed by atoms with Crippen molar-refractivity contribution >= 4 is 28.8 Å². The Hall–Kier alpha value is -4.52. The average Bonchev–Trinajstić information content (AvgIpc) is 3.47. The molecule has 250 valence electrons. The molecule has 0 saturated carbocycles. The highest BCUT2D eigenvalue weighted by molar-refractivity contribution is 6.07. The lowest BCUT2D eigenvalue weighted by molar-refractivity contribution is -0.0660. The molecule has 0 bridgehead atoms. The number of nitrogens with one attached hydrogen (secondary N) is 1. The first-order chi connectivity index (χ1) is 23.4. The number of hydrogen-bond acceptors (Lipinski definition) is 8. The summed E-state index contributed by atoms with van der Waals surface area (Å²) in [7, 11) is 1.65. The van der Waals surface area contributed by atoms with Crippen molar-refractivity contribution < 1.29 is 19.0 Å². The second-order valence-electron chi connectivity index (χ2n) is 13.2. The van der Waals surface area contributed by atoms with Gasteiger partial charge in [0.1, 0.15) is 23.0 Å². The molecule has 3 aliphatic heterocycles. The van der Waals surface area contributed by atoms with Crippen molar-refractivity contribution in [3.63, 3.8) is 0 Å². The quantitative estimate of drug-likeness (QED) is 0.311. The van der Waals surface area contributed by atoms with E-state index < -0.39 is 12.4 Å². The number of fused-ring (bicyclic) bond motifs is 3. The summed E-state index contributed by atoms with van der Waals surface area (Å²) in [6.07, 6.45) is 7.58. The highest BCUT2D eigenvalue weighted by atomic mass is 19.1. The molecule has 12 heteroatoms. The van der Waals surface area contributed by atoms with Gasteiger partial charge in [-0.25, -0.2) is 9.37 Å². The summed E-state index contributed by atoms with van der Waals surface area (Å²) in [5.41, 5.74) is 5.55. The van der Waals surface area contributed by atoms with E-state index in [4.69, 9.17) is 4.74 Å². The third-order valence-electron chi connectivity index (χ3n) is 10.4. The molecule has 1 aromatic carbocycles. The van der Waals surface area contributed by atoms with Gasteiger partial charge in [-0.15, -0.1) is 0 Å². The van der Waals surface area contributed by atoms with Crippen molar-refractivity contribution in [3.05, 3.63) is 87.5 Å². The van der Waals surface area contributed by atoms with Gasteiger partial charge in [0.05, 0.1) is 43.4 Å². The highest BCUT2D eigenvalue weighted by Gasteiger charge is 2.33. The predicted octanol–water partition coefficient (Wildman–Crippen LogP) is 3.68. The minimum absolute atomic E-state index is 0.0768. The van der Waals surface area contributed by atoms with Crippen LogP contribution in [0, 0.1) is 5.82 Å². The van der Waals surface area contributed by atoms with Gasteiger partial charge in [-0.1, -0.05) is 6.07 Å². The fourth-order valence-corrected chi connectivity index (χ4v) is 7.69. The molecule has 11 nitrogen and oxygen atoms in total. The van der Waals surface area contributed by atoms with Gasteiger partial charge in [0.2, 0.25) is 0 Å². The molecule has 4 aliphatic rings. The number of pyridine rings is 2. The van der Waals surface area contributed by atoms with Gasteiger partial charge in [0.15, 0.2) is 0 Å². The number of ether oxygens (including phenoxy) is 1. The van der Waals surface area contributed by atoms with Crippen LogP contribution in [-0.4, -0.2) is 82.0 Å². The molecule has 6 heterocycles. The van der Waals surface area contributed by atoms with Gasteiger partial charge in [-0.05, 0) is 67.1 Å². The second-order valence-corrected chi connectivity index (χ2v) is 13.2. The SMILES string of the molecule is Cn1cc(-c2ccc(F)c(N3CCn4c(cc5c4CCCC5)C3=O)c2CO)cc(Nc2ccc(N3CCN(C4COC4)CC3)cn2)c1=O. The molecule has 0 unspecified atom stereocenters. The van der Waals surface area contributed by atoms with Crippen LogP contribution in [0.25, 0.3) is 11.1 Å². The lowest BCUT2D eigenvalue weighted by Crippen LogP contribution is -2.56. The normalized spacial score (nSPS) is 18.4. The summed E-state index contributed by atoms with van der Waals surface area (Å²) < 4.78 is 24.5. The van der Waals surface area contributed by atoms with Crippen LogP contribution in [0.5, 0.6) is 0 Å². The molecule has 2 saturated heterocycles. The molecule has 0 spiro atoms. The minimum atomic E-state index is -0.577. The monoisotopic (exact) mass is 653 g/mol. The summed E-state index contributed by atoms with van der Waals surface area (Å²) in [5, 5.41) is 13.8. The van der Waals surface area contributed by atoms with Crippen LogP contribution >= 0.6 is 0 Å². The molecule has 0 atom stereocenters. The number of carbonyl (C=O) groups excluding carboxylic acids is 1. The number of aliphatic hydroxyl groups excluding tert-OH is 1. The van der Waals surface area contributed by atoms with Gasteiger partial charge in [0, 0.05) is 69.3 Å². The maximum atomic E-state index is 15.6. The van der Waals surface area contributed by atoms with Crippen LogP contribution in [-0.2, 0) is 37.8 Å². The summed E-state index contributed by atoms with van der Waals surface area (Å²) in [5.74, 6) is -0.328. The van der Waals surface area contributed by atoms with E-state index in [9.17, 15) is 14.7 Å². The molecule has 8 rings (SSSR count). The molecule has 4 aromatic rings. The van der Waals surface area contributed by atoms with Crippen molar-refractivity contribution in [1.29, 1.82) is 0 Å². The van der Waals surface area contributed by atoms with Gasteiger partial charge in [-0.3, -0.25) is 14.5 Å². The average molecular weight is 654 g/mol. The Kier molecular flexibility index (Phi) is 8.02. The van der Waals surface area contributed by atoms with Crippen LogP contribution in [0.3, 0.4) is 0 Å². The van der Waals surface area contributed by atoms with E-state index in [1.165, 1.54) is 26.8 Å². The minimum Gasteiger partial charge on any atom is -0.392 e. The van der Waals surface area contributed by atoms with Crippen LogP contribution < -0.4 is 20.7 Å². The van der Waals surface area contributed by atoms with Crippen molar-refractivity contribution in [2.75, 3.05) is 61.1 Å². The van der Waals surface area contributed by atoms with Crippen LogP contribution in [0.1, 0.15) is 40.2 Å². The number of rotatable bonds is 7. The van der Waals surface area contributed by atoms with Gasteiger partial charge in [-0.2, -0.15) is 0 Å². The smallest absolute Gasteiger partial charge is 0.275 e. The number of piperazine rings is 1. The van der Waals surface area contributed by atoms with E-state index in [2.05, 4.69) is 24.7 Å². The largest absolute Gasteiger partial charge is 0.392 e. The van der Waals surface area contributed by atoms with Crippen LogP contribution in [0.4, 0.5) is 27.3 Å². The zero-order chi connectivity index (χ0) is 32.9. The van der Waals surface area contributed by atoms with Crippen molar-refractivity contribution in [3.8, 4) is 11.1 Å². The number of aliphatic hydroxyl groups is 1. The number of halogens is 1. The summed E-state index contributed by atoms with van der Waals surface area (Å²) in [6.45, 7) is 5.82. The third kappa shape index (κ3) is 5.37. The van der Waals surface area contributed by atoms with E-state index in [0.717, 1.165) is 70.8 Å². The highest BCUT2D eigenvalue weighted by Crippen LogP contribution is 2.37. The first-order valence-corrected chi connectivity index (χ1v) is 16.9. The van der Waals surface area contributed by atoms with Gasteiger partial charge in [0.25, 0.3) is 11.5 Å². The summed E-state index contributed by atoms with van der Waals surface area (Å²) in [6, 6.07) is 11.0. The maximum absolute atomic E-state index is 15.6. The van der Waals surface area contributed by atoms with Crippen LogP contribution in [0.2, 0.25) is 0 Å². The molecule has 48 heavy (non-hydrogen) atoms. The number of hydrogen-bond donors (Lipinski definition) is 2. The molecule has 2 N–H and O–H groups in total. The number of benzene rings is 1. The summed E-state index contributed by atoms with van der Waals surface area (Å²) in [4.78, 5) is 37.9. The van der Waals surface area contributed by atoms with E-state index in [1.54, 1.807) is 25.4 Å². The fraction of sp³-hybridized carbons (Fsp3) is 0.417. The van der Waals surface area contributed by atoms with Crippen molar-refractivity contribution in [2.45, 2.75) is 44.9 Å². The number of amides is 1. The Labute approximate surface area is 278 Å². The first-order valence-electron chi connectivity index (χ1n) is 16.9. The Morgan fingerprint density at radius 2 is 1.81 bits per heavy atom. The Bertz CT molecular complexity index is 1930. The van der Waals surface area contributed by atoms with E-state index >= 15 is 4.39 Å². The molecule has 1 aliphatic carbocycles. The standard InChI is InChI=1S/C36H40FN7O4/c1-40-19-24(16-30(35(40)46)39-33-9-6-25(18-38-33)41-10-12-42(13-11-41)26-21-48-22-26)27-7-8-29(37)34(28(27)20-45)44-15-14-43-31-5-3-2-4-23(31)17-32(43)36(44)47/h6-9,16-19,26,45H,2-5,10-15,20-22H2,1H3,(H,38,39). The number of nitrogens with zero attached hydrogens (tertiary/aromatic N) is 6. The van der Waals surface area contributed by atoms with Gasteiger partial charge >= 0.3 is 0 Å². The predicted molar refractivity (Wildman–Crippen MR) is 182 cm³/mol. The topological polar surface area (TPSA) is 108 Å². The maximum Gasteiger partial charge on any atom is 0.275 e. The van der Waals surface area contributed by atoms with E-state index in [0.29, 0.717) is 53.0 Å². The van der Waals surface area contributed by atoms with Crippen molar-refractivity contribution in [2.24, 2.45) is 7.05 Å². The Balaban J connectivity index is 1.05. The zero-order valence-corrected chi connectivity index (χ0v) is 27.1. The zero-order valence-electron chi connectivity index (χ0n) is 27.1. The molecule has 2 fully saturated rings. The third-order valence-corrected chi connectivity index (χ3v) is 10.4. The molecular weight excluding hydrogens is 613 g/mol. The summed E-state index contributed by atoms with van der Waals surface area (Å²) >= 11 is 0. The lowest BCUT2D eigenvalue weighted by atomic mass is 9.97. The molecular formula is C36H40FN7O4. The Morgan fingerprint density at radius 3 is 2.54 bits per heavy atom. The van der Waals surface area contributed by atoms with Gasteiger partial charge < -0.3 is 34.1 Å². The second kappa shape index (κ2) is 12.5. The van der Waals surface area contributed by atoms with Crippen molar-refractivity contribution in [1.82, 2.24) is 19.0 Å². The first kappa shape index (κ1) is 30.8. The number of aromatic nitrogens is 3. The number of carbonyl (C=O) groups is 1. The molecule has 3 aromatic heterocycles. The number of aryl methyl sites for hydroxylation is 2. The van der Waals surface area contributed by atoms with E-state index in [1.807, 2.05) is 24.4 Å². The van der Waals surface area contributed by atoms with Crippen LogP contribution in [0.15, 0.2) is 53.6 Å². The Morgan fingerprint density at radius 1 is 1.00 bits per heavy atom. The number of anilines is 4. The van der Waals surface area contributed by atoms with E-state index in [-0.39, 0.29) is 17.2 Å². The molecule has 0 radical (unpaired) electrons. The molecule has 1 amide bonds. The lowest BCUT2D eigenvalue weighted by Gasteiger charge is -2.43.